The maximum Gasteiger partial charge on any atom is 0.146 e. The standard InChI is InChI=1S/C30H30N6O/c31-29-28-27(22-8-14-26(15-9-22)37-25-6-2-1-3-7-25)19-36(30(28)35-20-34-29)24-12-10-23(11-13-24)33-18-21-5-4-16-32-17-21/h1-9,14-17,19-20,23-24,33H,10-13,18H2,(H2,31,34,35)/t23-,24-. The number of rotatable bonds is 7. The zero-order valence-corrected chi connectivity index (χ0v) is 20.6. The van der Waals surface area contributed by atoms with Crippen LogP contribution in [0.15, 0.2) is 91.6 Å². The monoisotopic (exact) mass is 490 g/mol. The topological polar surface area (TPSA) is 90.9 Å². The highest BCUT2D eigenvalue weighted by Gasteiger charge is 2.25. The maximum atomic E-state index is 6.38. The fraction of sp³-hybridized carbons (Fsp3) is 0.233. The number of anilines is 1. The molecule has 5 aromatic rings. The van der Waals surface area contributed by atoms with Crippen LogP contribution in [0, 0.1) is 0 Å². The van der Waals surface area contributed by atoms with Crippen LogP contribution in [0.1, 0.15) is 37.3 Å². The van der Waals surface area contributed by atoms with Crippen LogP contribution in [0.5, 0.6) is 11.5 Å². The van der Waals surface area contributed by atoms with Crippen molar-refractivity contribution in [2.24, 2.45) is 0 Å². The van der Waals surface area contributed by atoms with Gasteiger partial charge in [-0.1, -0.05) is 36.4 Å². The average molecular weight is 491 g/mol. The third-order valence-corrected chi connectivity index (χ3v) is 7.19. The van der Waals surface area contributed by atoms with Crippen molar-refractivity contribution < 1.29 is 4.74 Å². The van der Waals surface area contributed by atoms with Gasteiger partial charge in [0.25, 0.3) is 0 Å². The molecule has 1 saturated carbocycles. The summed E-state index contributed by atoms with van der Waals surface area (Å²) in [5.41, 5.74) is 10.6. The van der Waals surface area contributed by atoms with Gasteiger partial charge in [-0.15, -0.1) is 0 Å². The van der Waals surface area contributed by atoms with Gasteiger partial charge in [-0.2, -0.15) is 0 Å². The molecule has 0 unspecified atom stereocenters. The van der Waals surface area contributed by atoms with E-state index in [4.69, 9.17) is 10.5 Å². The van der Waals surface area contributed by atoms with E-state index in [2.05, 4.69) is 49.2 Å². The van der Waals surface area contributed by atoms with Crippen LogP contribution in [0.3, 0.4) is 0 Å². The summed E-state index contributed by atoms with van der Waals surface area (Å²) >= 11 is 0. The van der Waals surface area contributed by atoms with Gasteiger partial charge < -0.3 is 20.4 Å². The van der Waals surface area contributed by atoms with Crippen LogP contribution in [-0.4, -0.2) is 25.6 Å². The number of para-hydroxylation sites is 1. The van der Waals surface area contributed by atoms with Crippen LogP contribution in [0.25, 0.3) is 22.2 Å². The highest BCUT2D eigenvalue weighted by molar-refractivity contribution is 6.00. The van der Waals surface area contributed by atoms with E-state index in [1.807, 2.05) is 60.9 Å². The van der Waals surface area contributed by atoms with Gasteiger partial charge in [-0.25, -0.2) is 9.97 Å². The van der Waals surface area contributed by atoms with E-state index in [1.165, 1.54) is 5.56 Å². The minimum atomic E-state index is 0.377. The van der Waals surface area contributed by atoms with Crippen molar-refractivity contribution in [2.45, 2.75) is 44.3 Å². The zero-order valence-electron chi connectivity index (χ0n) is 20.6. The summed E-state index contributed by atoms with van der Waals surface area (Å²) in [6, 6.07) is 22.9. The number of nitrogens with one attached hydrogen (secondary N) is 1. The van der Waals surface area contributed by atoms with Crippen LogP contribution in [0.4, 0.5) is 5.82 Å². The Hall–Kier alpha value is -4.23. The van der Waals surface area contributed by atoms with Gasteiger partial charge in [-0.05, 0) is 67.1 Å². The Labute approximate surface area is 216 Å². The lowest BCUT2D eigenvalue weighted by molar-refractivity contribution is 0.294. The number of hydrogen-bond donors (Lipinski definition) is 2. The molecule has 0 amide bonds. The molecule has 6 rings (SSSR count). The molecule has 3 N–H and O–H groups in total. The fourth-order valence-electron chi connectivity index (χ4n) is 5.26. The molecule has 0 spiro atoms. The van der Waals surface area contributed by atoms with Crippen molar-refractivity contribution in [1.82, 2.24) is 24.8 Å². The molecule has 3 aromatic heterocycles. The molecule has 0 saturated heterocycles. The van der Waals surface area contributed by atoms with E-state index in [1.54, 1.807) is 6.33 Å². The van der Waals surface area contributed by atoms with Crippen LogP contribution in [-0.2, 0) is 6.54 Å². The molecule has 37 heavy (non-hydrogen) atoms. The molecule has 1 aliphatic rings. The number of pyridine rings is 1. The second kappa shape index (κ2) is 10.4. The first-order valence-electron chi connectivity index (χ1n) is 12.8. The first-order valence-corrected chi connectivity index (χ1v) is 12.8. The van der Waals surface area contributed by atoms with Crippen LogP contribution < -0.4 is 15.8 Å². The molecular weight excluding hydrogens is 460 g/mol. The number of hydrogen-bond acceptors (Lipinski definition) is 6. The van der Waals surface area contributed by atoms with E-state index in [9.17, 15) is 0 Å². The number of benzene rings is 2. The Morgan fingerprint density at radius 3 is 2.43 bits per heavy atom. The van der Waals surface area contributed by atoms with Gasteiger partial charge in [0, 0.05) is 42.8 Å². The first kappa shape index (κ1) is 23.2. The van der Waals surface area contributed by atoms with Gasteiger partial charge in [0.2, 0.25) is 0 Å². The van der Waals surface area contributed by atoms with Gasteiger partial charge >= 0.3 is 0 Å². The largest absolute Gasteiger partial charge is 0.457 e. The molecule has 1 fully saturated rings. The molecule has 0 radical (unpaired) electrons. The predicted molar refractivity (Wildman–Crippen MR) is 146 cm³/mol. The van der Waals surface area contributed by atoms with Crippen molar-refractivity contribution >= 4 is 16.9 Å². The van der Waals surface area contributed by atoms with Gasteiger partial charge in [0.05, 0.1) is 5.39 Å². The molecule has 7 heteroatoms. The smallest absolute Gasteiger partial charge is 0.146 e. The third kappa shape index (κ3) is 5.04. The Bertz CT molecular complexity index is 1460. The number of nitrogens with two attached hydrogens (primary N) is 1. The Kier molecular flexibility index (Phi) is 6.52. The Morgan fingerprint density at radius 2 is 1.68 bits per heavy atom. The van der Waals surface area contributed by atoms with E-state index in [0.717, 1.165) is 65.9 Å². The molecule has 0 bridgehead atoms. The first-order chi connectivity index (χ1) is 18.2. The van der Waals surface area contributed by atoms with Crippen molar-refractivity contribution in [1.29, 1.82) is 0 Å². The predicted octanol–water partition coefficient (Wildman–Crippen LogP) is 6.14. The summed E-state index contributed by atoms with van der Waals surface area (Å²) in [5.74, 6) is 2.12. The second-order valence-corrected chi connectivity index (χ2v) is 9.59. The SMILES string of the molecule is Nc1ncnc2c1c(-c1ccc(Oc3ccccc3)cc1)cn2[C@H]1CC[C@H](NCc2cccnc2)CC1. The highest BCUT2D eigenvalue weighted by atomic mass is 16.5. The van der Waals surface area contributed by atoms with Crippen molar-refractivity contribution in [2.75, 3.05) is 5.73 Å². The summed E-state index contributed by atoms with van der Waals surface area (Å²) in [5, 5.41) is 4.62. The van der Waals surface area contributed by atoms with Crippen LogP contribution in [0.2, 0.25) is 0 Å². The highest BCUT2D eigenvalue weighted by Crippen LogP contribution is 2.38. The lowest BCUT2D eigenvalue weighted by Gasteiger charge is -2.30. The number of nitrogens with zero attached hydrogens (tertiary/aromatic N) is 4. The summed E-state index contributed by atoms with van der Waals surface area (Å²) in [4.78, 5) is 13.2. The summed E-state index contributed by atoms with van der Waals surface area (Å²) in [6.07, 6.45) is 11.9. The molecular formula is C30H30N6O. The minimum Gasteiger partial charge on any atom is -0.457 e. The molecule has 7 nitrogen and oxygen atoms in total. The zero-order chi connectivity index (χ0) is 25.0. The molecule has 1 aliphatic carbocycles. The van der Waals surface area contributed by atoms with Gasteiger partial charge in [0.15, 0.2) is 0 Å². The third-order valence-electron chi connectivity index (χ3n) is 7.19. The number of nitrogen functional groups attached to an aromatic ring is 1. The van der Waals surface area contributed by atoms with E-state index in [0.29, 0.717) is 17.9 Å². The second-order valence-electron chi connectivity index (χ2n) is 9.59. The normalized spacial score (nSPS) is 17.6. The van der Waals surface area contributed by atoms with E-state index < -0.39 is 0 Å². The molecule has 3 heterocycles. The lowest BCUT2D eigenvalue weighted by atomic mass is 9.91. The Morgan fingerprint density at radius 1 is 0.892 bits per heavy atom. The lowest BCUT2D eigenvalue weighted by Crippen LogP contribution is -2.33. The van der Waals surface area contributed by atoms with Crippen molar-refractivity contribution in [3.8, 4) is 22.6 Å². The maximum absolute atomic E-state index is 6.38. The number of fused-ring (bicyclic) bond motifs is 1. The quantitative estimate of drug-likeness (QED) is 0.285. The number of aromatic nitrogens is 4. The Balaban J connectivity index is 1.20. The van der Waals surface area contributed by atoms with Gasteiger partial charge in [0.1, 0.15) is 29.3 Å². The number of ether oxygens (including phenoxy) is 1. The van der Waals surface area contributed by atoms with E-state index in [-0.39, 0.29) is 0 Å². The summed E-state index contributed by atoms with van der Waals surface area (Å²) < 4.78 is 8.29. The van der Waals surface area contributed by atoms with Crippen molar-refractivity contribution in [3.63, 3.8) is 0 Å². The molecule has 0 atom stereocenters. The van der Waals surface area contributed by atoms with Crippen LogP contribution >= 0.6 is 0 Å². The molecule has 0 aliphatic heterocycles. The molecule has 186 valence electrons. The minimum absolute atomic E-state index is 0.377. The van der Waals surface area contributed by atoms with E-state index >= 15 is 0 Å². The van der Waals surface area contributed by atoms with Crippen molar-refractivity contribution in [3.05, 3.63) is 97.2 Å². The van der Waals surface area contributed by atoms with Gasteiger partial charge in [-0.3, -0.25) is 4.98 Å². The summed E-state index contributed by atoms with van der Waals surface area (Å²) in [7, 11) is 0. The average Bonchev–Trinajstić information content (AvgIpc) is 3.35. The molecule has 2 aromatic carbocycles. The fourth-order valence-corrected chi connectivity index (χ4v) is 5.26. The summed E-state index contributed by atoms with van der Waals surface area (Å²) in [6.45, 7) is 0.855.